The van der Waals surface area contributed by atoms with Crippen LogP contribution in [0.2, 0.25) is 0 Å². The summed E-state index contributed by atoms with van der Waals surface area (Å²) in [6.45, 7) is 5.76. The molecule has 5 nitrogen and oxygen atoms in total. The maximum Gasteiger partial charge on any atom is 0.278 e. The fraction of sp³-hybridized carbons (Fsp3) is 0.176. The molecule has 0 spiro atoms. The van der Waals surface area contributed by atoms with Crippen LogP contribution in [0.5, 0.6) is 0 Å². The third-order valence-electron chi connectivity index (χ3n) is 3.45. The molecule has 0 bridgehead atoms. The quantitative estimate of drug-likeness (QED) is 0.691. The summed E-state index contributed by atoms with van der Waals surface area (Å²) in [7, 11) is 0. The summed E-state index contributed by atoms with van der Waals surface area (Å²) in [4.78, 5) is 22.0. The monoisotopic (exact) mass is 324 g/mol. The van der Waals surface area contributed by atoms with Crippen LogP contribution >= 0.6 is 11.8 Å². The maximum absolute atomic E-state index is 12.7. The number of carbonyl (C=O) groups excluding carboxylic acids is 1. The summed E-state index contributed by atoms with van der Waals surface area (Å²) in [5.41, 5.74) is 3.33. The first-order valence-electron chi connectivity index (χ1n) is 7.18. The molecule has 3 rings (SSSR count). The smallest absolute Gasteiger partial charge is 0.267 e. The van der Waals surface area contributed by atoms with Gasteiger partial charge in [0, 0.05) is 18.0 Å². The Morgan fingerprint density at radius 1 is 1.04 bits per heavy atom. The first kappa shape index (κ1) is 15.4. The van der Waals surface area contributed by atoms with Gasteiger partial charge >= 0.3 is 0 Å². The lowest BCUT2D eigenvalue weighted by Crippen LogP contribution is -2.15. The summed E-state index contributed by atoms with van der Waals surface area (Å²) >= 11 is 1.42. The molecule has 23 heavy (non-hydrogen) atoms. The second-order valence-corrected chi connectivity index (χ2v) is 6.19. The molecule has 1 aromatic carbocycles. The molecule has 2 heterocycles. The second kappa shape index (κ2) is 6.34. The van der Waals surface area contributed by atoms with Gasteiger partial charge in [0.05, 0.1) is 16.3 Å². The van der Waals surface area contributed by atoms with E-state index in [1.807, 2.05) is 45.0 Å². The highest BCUT2D eigenvalue weighted by Gasteiger charge is 2.19. The minimum absolute atomic E-state index is 0.133. The van der Waals surface area contributed by atoms with E-state index in [1.54, 1.807) is 18.5 Å². The van der Waals surface area contributed by atoms with E-state index in [2.05, 4.69) is 15.1 Å². The molecule has 0 saturated heterocycles. The number of aromatic nitrogens is 4. The van der Waals surface area contributed by atoms with Gasteiger partial charge in [-0.05, 0) is 50.7 Å². The molecule has 0 aliphatic carbocycles. The van der Waals surface area contributed by atoms with Gasteiger partial charge in [0.15, 0.2) is 5.16 Å². The number of hydrogen-bond donors (Lipinski definition) is 0. The van der Waals surface area contributed by atoms with Gasteiger partial charge in [-0.1, -0.05) is 17.7 Å². The van der Waals surface area contributed by atoms with Gasteiger partial charge in [-0.15, -0.1) is 0 Å². The lowest BCUT2D eigenvalue weighted by Gasteiger charge is -2.04. The highest BCUT2D eigenvalue weighted by molar-refractivity contribution is 7.99. The fourth-order valence-electron chi connectivity index (χ4n) is 2.22. The Morgan fingerprint density at radius 3 is 2.35 bits per heavy atom. The van der Waals surface area contributed by atoms with Crippen LogP contribution in [0.3, 0.4) is 0 Å². The Hall–Kier alpha value is -2.47. The molecule has 3 aromatic rings. The lowest BCUT2D eigenvalue weighted by molar-refractivity contribution is 0.0942. The second-order valence-electron chi connectivity index (χ2n) is 5.22. The van der Waals surface area contributed by atoms with Crippen molar-refractivity contribution in [1.29, 1.82) is 0 Å². The average Bonchev–Trinajstić information content (AvgIpc) is 2.84. The molecule has 0 saturated carbocycles. The normalized spacial score (nSPS) is 10.7. The number of nitrogens with zero attached hydrogens (tertiary/aromatic N) is 4. The Labute approximate surface area is 138 Å². The number of aryl methyl sites for hydroxylation is 2. The van der Waals surface area contributed by atoms with Crippen LogP contribution in [0.25, 0.3) is 0 Å². The molecule has 0 aliphatic rings. The summed E-state index contributed by atoms with van der Waals surface area (Å²) in [6, 6.07) is 9.26. The Balaban J connectivity index is 1.94. The number of hydrogen-bond acceptors (Lipinski definition) is 5. The molecular formula is C17H16N4OS. The van der Waals surface area contributed by atoms with Crippen molar-refractivity contribution in [3.63, 3.8) is 0 Å². The van der Waals surface area contributed by atoms with Crippen LogP contribution in [0.4, 0.5) is 0 Å². The standard InChI is InChI=1S/C17H16N4OS/c1-11-5-7-14(8-6-11)16(22)21-13(3)15(12(2)20-21)23-17-18-9-4-10-19-17/h4-10H,1-3H3. The van der Waals surface area contributed by atoms with E-state index >= 15 is 0 Å². The van der Waals surface area contributed by atoms with Crippen LogP contribution < -0.4 is 0 Å². The predicted molar refractivity (Wildman–Crippen MR) is 88.8 cm³/mol. The molecule has 6 heteroatoms. The molecule has 0 atom stereocenters. The average molecular weight is 324 g/mol. The Morgan fingerprint density at radius 2 is 1.70 bits per heavy atom. The summed E-state index contributed by atoms with van der Waals surface area (Å²) in [6.07, 6.45) is 3.39. The lowest BCUT2D eigenvalue weighted by atomic mass is 10.1. The fourth-order valence-corrected chi connectivity index (χ4v) is 3.05. The predicted octanol–water partition coefficient (Wildman–Crippen LogP) is 3.44. The van der Waals surface area contributed by atoms with Crippen molar-refractivity contribution in [1.82, 2.24) is 19.7 Å². The molecule has 0 fully saturated rings. The zero-order valence-electron chi connectivity index (χ0n) is 13.1. The van der Waals surface area contributed by atoms with Gasteiger partial charge < -0.3 is 0 Å². The highest BCUT2D eigenvalue weighted by Crippen LogP contribution is 2.30. The zero-order chi connectivity index (χ0) is 16.4. The molecule has 2 aromatic heterocycles. The Kier molecular flexibility index (Phi) is 4.25. The van der Waals surface area contributed by atoms with Crippen molar-refractivity contribution in [3.8, 4) is 0 Å². The largest absolute Gasteiger partial charge is 0.278 e. The summed E-state index contributed by atoms with van der Waals surface area (Å²) in [5, 5.41) is 5.04. The van der Waals surface area contributed by atoms with Gasteiger partial charge in [0.2, 0.25) is 0 Å². The Bertz CT molecular complexity index is 841. The SMILES string of the molecule is Cc1ccc(C(=O)n2nc(C)c(Sc3ncccn3)c2C)cc1. The molecule has 0 radical (unpaired) electrons. The molecule has 0 aliphatic heterocycles. The number of carbonyl (C=O) groups is 1. The van der Waals surface area contributed by atoms with Crippen LogP contribution in [0.15, 0.2) is 52.8 Å². The van der Waals surface area contributed by atoms with E-state index in [1.165, 1.54) is 16.4 Å². The molecular weight excluding hydrogens is 308 g/mol. The van der Waals surface area contributed by atoms with Crippen LogP contribution in [0, 0.1) is 20.8 Å². The number of benzene rings is 1. The summed E-state index contributed by atoms with van der Waals surface area (Å²) in [5.74, 6) is -0.133. The first-order chi connectivity index (χ1) is 11.1. The van der Waals surface area contributed by atoms with Crippen molar-refractivity contribution in [2.24, 2.45) is 0 Å². The van der Waals surface area contributed by atoms with Crippen molar-refractivity contribution in [2.45, 2.75) is 30.8 Å². The summed E-state index contributed by atoms with van der Waals surface area (Å²) < 4.78 is 1.45. The van der Waals surface area contributed by atoms with Gasteiger partial charge in [0.1, 0.15) is 0 Å². The van der Waals surface area contributed by atoms with Crippen LogP contribution in [-0.2, 0) is 0 Å². The van der Waals surface area contributed by atoms with Gasteiger partial charge in [0.25, 0.3) is 5.91 Å². The maximum atomic E-state index is 12.7. The molecule has 116 valence electrons. The molecule has 0 N–H and O–H groups in total. The van der Waals surface area contributed by atoms with Crippen LogP contribution in [0.1, 0.15) is 27.3 Å². The molecule has 0 unspecified atom stereocenters. The van der Waals surface area contributed by atoms with Gasteiger partial charge in [-0.2, -0.15) is 9.78 Å². The first-order valence-corrected chi connectivity index (χ1v) is 8.00. The van der Waals surface area contributed by atoms with E-state index in [9.17, 15) is 4.79 Å². The van der Waals surface area contributed by atoms with E-state index in [-0.39, 0.29) is 5.91 Å². The van der Waals surface area contributed by atoms with E-state index in [0.29, 0.717) is 10.7 Å². The number of rotatable bonds is 3. The van der Waals surface area contributed by atoms with Crippen molar-refractivity contribution in [3.05, 3.63) is 65.2 Å². The van der Waals surface area contributed by atoms with Gasteiger partial charge in [-0.3, -0.25) is 4.79 Å². The minimum atomic E-state index is -0.133. The van der Waals surface area contributed by atoms with Crippen molar-refractivity contribution >= 4 is 17.7 Å². The van der Waals surface area contributed by atoms with Crippen molar-refractivity contribution < 1.29 is 4.79 Å². The topological polar surface area (TPSA) is 60.7 Å². The van der Waals surface area contributed by atoms with E-state index < -0.39 is 0 Å². The van der Waals surface area contributed by atoms with Crippen molar-refractivity contribution in [2.75, 3.05) is 0 Å². The van der Waals surface area contributed by atoms with E-state index in [0.717, 1.165) is 21.8 Å². The third-order valence-corrected chi connectivity index (χ3v) is 4.64. The zero-order valence-corrected chi connectivity index (χ0v) is 14.0. The third kappa shape index (κ3) is 3.17. The van der Waals surface area contributed by atoms with Gasteiger partial charge in [-0.25, -0.2) is 9.97 Å². The van der Waals surface area contributed by atoms with Crippen LogP contribution in [-0.4, -0.2) is 25.7 Å². The molecule has 0 amide bonds. The minimum Gasteiger partial charge on any atom is -0.267 e. The van der Waals surface area contributed by atoms with E-state index in [4.69, 9.17) is 0 Å². The highest BCUT2D eigenvalue weighted by atomic mass is 32.2.